The number of ether oxygens (including phenoxy) is 3. The Labute approximate surface area is 188 Å². The van der Waals surface area contributed by atoms with E-state index in [1.807, 2.05) is 0 Å². The van der Waals surface area contributed by atoms with Crippen molar-refractivity contribution in [2.24, 2.45) is 0 Å². The van der Waals surface area contributed by atoms with Gasteiger partial charge in [-0.05, 0) is 43.2 Å². The Bertz CT molecular complexity index is 1290. The Balaban J connectivity index is 1.80. The number of carbonyl (C=O) groups excluding carboxylic acids is 1. The second kappa shape index (κ2) is 9.45. The SMILES string of the molecule is COc1cc2c(=O)n(C[C@@H]3CCCO3)c(=O)n(CC(=O)Nc3ccc(F)cc3)c2cc1OC. The molecule has 0 saturated carbocycles. The van der Waals surface area contributed by atoms with Crippen molar-refractivity contribution in [1.29, 1.82) is 0 Å². The molecule has 4 rings (SSSR count). The third-order valence-corrected chi connectivity index (χ3v) is 5.57. The van der Waals surface area contributed by atoms with Gasteiger partial charge in [0.25, 0.3) is 5.56 Å². The molecule has 1 saturated heterocycles. The lowest BCUT2D eigenvalue weighted by Gasteiger charge is -2.18. The molecule has 9 nitrogen and oxygen atoms in total. The topological polar surface area (TPSA) is 101 Å². The lowest BCUT2D eigenvalue weighted by molar-refractivity contribution is -0.116. The van der Waals surface area contributed by atoms with Gasteiger partial charge in [-0.1, -0.05) is 0 Å². The van der Waals surface area contributed by atoms with Crippen molar-refractivity contribution in [1.82, 2.24) is 9.13 Å². The molecule has 174 valence electrons. The smallest absolute Gasteiger partial charge is 0.332 e. The number of benzene rings is 2. The van der Waals surface area contributed by atoms with Gasteiger partial charge in [0.15, 0.2) is 11.5 Å². The third-order valence-electron chi connectivity index (χ3n) is 5.57. The maximum atomic E-state index is 13.3. The molecule has 1 fully saturated rings. The number of anilines is 1. The van der Waals surface area contributed by atoms with E-state index in [0.717, 1.165) is 17.4 Å². The highest BCUT2D eigenvalue weighted by atomic mass is 19.1. The quantitative estimate of drug-likeness (QED) is 0.584. The second-order valence-electron chi connectivity index (χ2n) is 7.70. The Morgan fingerprint density at radius 2 is 1.82 bits per heavy atom. The van der Waals surface area contributed by atoms with Gasteiger partial charge in [0.2, 0.25) is 5.91 Å². The van der Waals surface area contributed by atoms with Crippen LogP contribution in [0.4, 0.5) is 10.1 Å². The van der Waals surface area contributed by atoms with Gasteiger partial charge in [0, 0.05) is 18.4 Å². The van der Waals surface area contributed by atoms with Gasteiger partial charge >= 0.3 is 5.69 Å². The number of carbonyl (C=O) groups is 1. The number of methoxy groups -OCH3 is 2. The van der Waals surface area contributed by atoms with E-state index >= 15 is 0 Å². The number of hydrogen-bond donors (Lipinski definition) is 1. The fourth-order valence-corrected chi connectivity index (χ4v) is 3.93. The lowest BCUT2D eigenvalue weighted by Crippen LogP contribution is -2.43. The number of nitrogens with zero attached hydrogens (tertiary/aromatic N) is 2. The number of halogens is 1. The number of fused-ring (bicyclic) bond motifs is 1. The van der Waals surface area contributed by atoms with Gasteiger partial charge in [-0.15, -0.1) is 0 Å². The first-order valence-electron chi connectivity index (χ1n) is 10.5. The first kappa shape index (κ1) is 22.5. The molecular weight excluding hydrogens is 433 g/mol. The lowest BCUT2D eigenvalue weighted by atomic mass is 10.2. The summed E-state index contributed by atoms with van der Waals surface area (Å²) >= 11 is 0. The molecule has 33 heavy (non-hydrogen) atoms. The van der Waals surface area contributed by atoms with E-state index in [4.69, 9.17) is 14.2 Å². The van der Waals surface area contributed by atoms with Gasteiger partial charge in [-0.2, -0.15) is 0 Å². The Kier molecular flexibility index (Phi) is 6.45. The first-order valence-corrected chi connectivity index (χ1v) is 10.5. The number of amides is 1. The van der Waals surface area contributed by atoms with E-state index in [0.29, 0.717) is 23.8 Å². The van der Waals surface area contributed by atoms with Crippen molar-refractivity contribution in [2.45, 2.75) is 32.0 Å². The van der Waals surface area contributed by atoms with E-state index in [1.165, 1.54) is 55.2 Å². The minimum atomic E-state index is -0.635. The average molecular weight is 457 g/mol. The summed E-state index contributed by atoms with van der Waals surface area (Å²) in [6.07, 6.45) is 1.34. The zero-order chi connectivity index (χ0) is 23.5. The van der Waals surface area contributed by atoms with Gasteiger partial charge in [0.1, 0.15) is 12.4 Å². The molecule has 1 atom stereocenters. The van der Waals surface area contributed by atoms with Gasteiger partial charge < -0.3 is 19.5 Å². The van der Waals surface area contributed by atoms with Crippen LogP contribution in [0.25, 0.3) is 10.9 Å². The molecule has 1 N–H and O–H groups in total. The van der Waals surface area contributed by atoms with Crippen LogP contribution >= 0.6 is 0 Å². The molecular formula is C23H24FN3O6. The van der Waals surface area contributed by atoms with Crippen molar-refractivity contribution in [3.63, 3.8) is 0 Å². The normalized spacial score (nSPS) is 15.5. The van der Waals surface area contributed by atoms with Crippen LogP contribution in [0.3, 0.4) is 0 Å². The Hall–Kier alpha value is -3.66. The minimum absolute atomic E-state index is 0.0849. The maximum absolute atomic E-state index is 13.3. The average Bonchev–Trinajstić information content (AvgIpc) is 3.33. The van der Waals surface area contributed by atoms with Crippen LogP contribution in [-0.4, -0.2) is 42.0 Å². The molecule has 3 aromatic rings. The van der Waals surface area contributed by atoms with E-state index in [1.54, 1.807) is 0 Å². The molecule has 0 radical (unpaired) electrons. The van der Waals surface area contributed by atoms with E-state index in [-0.39, 0.29) is 30.1 Å². The molecule has 1 aromatic heterocycles. The molecule has 0 aliphatic carbocycles. The fraction of sp³-hybridized carbons (Fsp3) is 0.348. The summed E-state index contributed by atoms with van der Waals surface area (Å²) in [7, 11) is 2.88. The molecule has 10 heteroatoms. The van der Waals surface area contributed by atoms with Crippen LogP contribution in [-0.2, 0) is 22.6 Å². The van der Waals surface area contributed by atoms with Gasteiger partial charge in [0.05, 0.1) is 37.8 Å². The van der Waals surface area contributed by atoms with Crippen molar-refractivity contribution in [3.05, 3.63) is 63.1 Å². The minimum Gasteiger partial charge on any atom is -0.493 e. The second-order valence-corrected chi connectivity index (χ2v) is 7.70. The maximum Gasteiger partial charge on any atom is 0.332 e. The molecule has 1 amide bonds. The monoisotopic (exact) mass is 457 g/mol. The number of aromatic nitrogens is 2. The highest BCUT2D eigenvalue weighted by molar-refractivity contribution is 5.92. The van der Waals surface area contributed by atoms with E-state index < -0.39 is 23.0 Å². The molecule has 2 heterocycles. The van der Waals surface area contributed by atoms with Crippen LogP contribution in [0.2, 0.25) is 0 Å². The standard InChI is InChI=1S/C23H24FN3O6/c1-31-19-10-17-18(11-20(19)32-2)26(13-21(28)25-15-7-5-14(24)6-8-15)23(30)27(22(17)29)12-16-4-3-9-33-16/h5-8,10-11,16H,3-4,9,12-13H2,1-2H3,(H,25,28)/t16-/m0/s1. The summed E-state index contributed by atoms with van der Waals surface area (Å²) in [6, 6.07) is 8.27. The summed E-state index contributed by atoms with van der Waals surface area (Å²) in [5, 5.41) is 2.84. The van der Waals surface area contributed by atoms with Crippen molar-refractivity contribution in [2.75, 3.05) is 26.1 Å². The number of rotatable bonds is 7. The summed E-state index contributed by atoms with van der Waals surface area (Å²) in [4.78, 5) is 39.3. The van der Waals surface area contributed by atoms with Crippen molar-refractivity contribution >= 4 is 22.5 Å². The van der Waals surface area contributed by atoms with Gasteiger partial charge in [-0.3, -0.25) is 18.7 Å². The molecule has 0 unspecified atom stereocenters. The molecule has 2 aromatic carbocycles. The summed E-state index contributed by atoms with van der Waals surface area (Å²) in [5.74, 6) is -0.306. The predicted molar refractivity (Wildman–Crippen MR) is 120 cm³/mol. The van der Waals surface area contributed by atoms with Crippen LogP contribution in [0.5, 0.6) is 11.5 Å². The Morgan fingerprint density at radius 1 is 1.12 bits per heavy atom. The van der Waals surface area contributed by atoms with E-state index in [2.05, 4.69) is 5.32 Å². The predicted octanol–water partition coefficient (Wildman–Crippen LogP) is 2.14. The molecule has 0 bridgehead atoms. The summed E-state index contributed by atoms with van der Waals surface area (Å²) < 4.78 is 31.7. The summed E-state index contributed by atoms with van der Waals surface area (Å²) in [5.41, 5.74) is -0.516. The third kappa shape index (κ3) is 4.61. The number of nitrogens with one attached hydrogen (secondary N) is 1. The Morgan fingerprint density at radius 3 is 2.45 bits per heavy atom. The fourth-order valence-electron chi connectivity index (χ4n) is 3.93. The zero-order valence-corrected chi connectivity index (χ0v) is 18.3. The summed E-state index contributed by atoms with van der Waals surface area (Å²) in [6.45, 7) is 0.293. The highest BCUT2D eigenvalue weighted by Gasteiger charge is 2.23. The van der Waals surface area contributed by atoms with Crippen LogP contribution < -0.4 is 26.0 Å². The number of hydrogen-bond acceptors (Lipinski definition) is 6. The van der Waals surface area contributed by atoms with Crippen molar-refractivity contribution in [3.8, 4) is 11.5 Å². The highest BCUT2D eigenvalue weighted by Crippen LogP contribution is 2.30. The first-order chi connectivity index (χ1) is 15.9. The van der Waals surface area contributed by atoms with Gasteiger partial charge in [-0.25, -0.2) is 9.18 Å². The molecule has 1 aliphatic rings. The van der Waals surface area contributed by atoms with Crippen molar-refractivity contribution < 1.29 is 23.4 Å². The largest absolute Gasteiger partial charge is 0.493 e. The molecule has 0 spiro atoms. The van der Waals surface area contributed by atoms with Crippen LogP contribution in [0, 0.1) is 5.82 Å². The zero-order valence-electron chi connectivity index (χ0n) is 18.3. The molecule has 1 aliphatic heterocycles. The van der Waals surface area contributed by atoms with Crippen LogP contribution in [0.15, 0.2) is 46.0 Å². The van der Waals surface area contributed by atoms with E-state index in [9.17, 15) is 18.8 Å². The van der Waals surface area contributed by atoms with Crippen LogP contribution in [0.1, 0.15) is 12.8 Å².